The molecule has 0 aliphatic heterocycles. The van der Waals surface area contributed by atoms with E-state index < -0.39 is 11.7 Å². The normalized spacial score (nSPS) is 40.2. The Kier molecular flexibility index (Phi) is 3.00. The van der Waals surface area contributed by atoms with Crippen LogP contribution in [-0.4, -0.2) is 27.7 Å². The third kappa shape index (κ3) is 1.60. The second kappa shape index (κ2) is 4.07. The Balaban J connectivity index is 2.29. The fourth-order valence-electron chi connectivity index (χ4n) is 3.36. The fourth-order valence-corrected chi connectivity index (χ4v) is 3.36. The Morgan fingerprint density at radius 2 is 2.18 bits per heavy atom. The summed E-state index contributed by atoms with van der Waals surface area (Å²) >= 11 is 0. The minimum Gasteiger partial charge on any atom is -0.392 e. The van der Waals surface area contributed by atoms with Crippen molar-refractivity contribution in [2.24, 2.45) is 17.8 Å². The summed E-state index contributed by atoms with van der Waals surface area (Å²) in [6.45, 7) is 9.26. The second-order valence-corrected chi connectivity index (χ2v) is 5.40. The van der Waals surface area contributed by atoms with Crippen LogP contribution in [0.15, 0.2) is 24.8 Å². The van der Waals surface area contributed by atoms with Crippen molar-refractivity contribution in [2.45, 2.75) is 37.9 Å². The van der Waals surface area contributed by atoms with Gasteiger partial charge in [0, 0.05) is 23.8 Å². The lowest BCUT2D eigenvalue weighted by molar-refractivity contribution is -0.115. The van der Waals surface area contributed by atoms with Gasteiger partial charge in [-0.1, -0.05) is 19.6 Å². The maximum absolute atomic E-state index is 11.6. The van der Waals surface area contributed by atoms with Crippen LogP contribution >= 0.6 is 0 Å². The highest BCUT2D eigenvalue weighted by Crippen LogP contribution is 2.53. The molecule has 0 unspecified atom stereocenters. The van der Waals surface area contributed by atoms with Gasteiger partial charge in [0.2, 0.25) is 0 Å². The first-order valence-corrected chi connectivity index (χ1v) is 6.18. The van der Waals surface area contributed by atoms with E-state index in [0.717, 1.165) is 12.8 Å². The van der Waals surface area contributed by atoms with E-state index in [1.807, 2.05) is 6.92 Å². The van der Waals surface area contributed by atoms with Crippen LogP contribution in [0.1, 0.15) is 26.2 Å². The van der Waals surface area contributed by atoms with Crippen molar-refractivity contribution in [2.75, 3.05) is 0 Å². The number of aliphatic hydroxyl groups is 2. The largest absolute Gasteiger partial charge is 0.392 e. The van der Waals surface area contributed by atoms with E-state index in [4.69, 9.17) is 0 Å². The van der Waals surface area contributed by atoms with Gasteiger partial charge in [0.05, 0.1) is 6.10 Å². The minimum atomic E-state index is -1.19. The van der Waals surface area contributed by atoms with Gasteiger partial charge >= 0.3 is 0 Å². The summed E-state index contributed by atoms with van der Waals surface area (Å²) in [5.41, 5.74) is -0.895. The van der Waals surface area contributed by atoms with Crippen molar-refractivity contribution < 1.29 is 15.0 Å². The van der Waals surface area contributed by atoms with Gasteiger partial charge in [-0.05, 0) is 18.8 Å². The van der Waals surface area contributed by atoms with Crippen LogP contribution in [0, 0.1) is 17.8 Å². The average molecular weight is 236 g/mol. The zero-order valence-corrected chi connectivity index (χ0v) is 10.2. The highest BCUT2D eigenvalue weighted by atomic mass is 16.3. The lowest BCUT2D eigenvalue weighted by atomic mass is 9.77. The standard InChI is InChI=1S/C14H20O3/c1-4-8(2)13(16)11-6-5-10-7-12(15)9(3)14(10,11)17/h4,8,10-11,13,16-17H,1,3,5-7H2,2H3/t8-,10+,11-,13+,14+/m1/s1. The van der Waals surface area contributed by atoms with E-state index >= 15 is 0 Å². The molecule has 94 valence electrons. The molecule has 0 radical (unpaired) electrons. The summed E-state index contributed by atoms with van der Waals surface area (Å²) in [6, 6.07) is 0. The number of carbonyl (C=O) groups excluding carboxylic acids is 1. The number of rotatable bonds is 3. The van der Waals surface area contributed by atoms with E-state index in [2.05, 4.69) is 13.2 Å². The van der Waals surface area contributed by atoms with E-state index in [9.17, 15) is 15.0 Å². The monoisotopic (exact) mass is 236 g/mol. The Labute approximate surface area is 102 Å². The topological polar surface area (TPSA) is 57.5 Å². The van der Waals surface area contributed by atoms with Crippen molar-refractivity contribution in [3.63, 3.8) is 0 Å². The first kappa shape index (κ1) is 12.5. The summed E-state index contributed by atoms with van der Waals surface area (Å²) in [4.78, 5) is 11.6. The molecular formula is C14H20O3. The molecule has 3 heteroatoms. The first-order chi connectivity index (χ1) is 7.92. The predicted molar refractivity (Wildman–Crippen MR) is 65.3 cm³/mol. The summed E-state index contributed by atoms with van der Waals surface area (Å²) in [7, 11) is 0. The molecule has 2 aliphatic rings. The minimum absolute atomic E-state index is 0.0549. The molecule has 5 atom stereocenters. The van der Waals surface area contributed by atoms with Gasteiger partial charge in [-0.15, -0.1) is 6.58 Å². The molecule has 2 rings (SSSR count). The molecule has 17 heavy (non-hydrogen) atoms. The highest BCUT2D eigenvalue weighted by molar-refractivity contribution is 6.00. The van der Waals surface area contributed by atoms with Crippen LogP contribution in [0.2, 0.25) is 0 Å². The quantitative estimate of drug-likeness (QED) is 0.576. The zero-order chi connectivity index (χ0) is 12.8. The highest BCUT2D eigenvalue weighted by Gasteiger charge is 2.59. The summed E-state index contributed by atoms with van der Waals surface area (Å²) < 4.78 is 0. The average Bonchev–Trinajstić information content (AvgIpc) is 2.74. The van der Waals surface area contributed by atoms with Crippen molar-refractivity contribution in [3.05, 3.63) is 24.8 Å². The van der Waals surface area contributed by atoms with Gasteiger partial charge in [0.15, 0.2) is 5.78 Å². The van der Waals surface area contributed by atoms with E-state index in [1.165, 1.54) is 0 Å². The number of Topliss-reactive ketones (excluding diaryl/α,β-unsaturated/α-hetero) is 1. The molecule has 0 aromatic carbocycles. The molecule has 0 amide bonds. The molecule has 3 nitrogen and oxygen atoms in total. The number of carbonyl (C=O) groups is 1. The van der Waals surface area contributed by atoms with Crippen molar-refractivity contribution in [3.8, 4) is 0 Å². The molecule has 0 saturated heterocycles. The first-order valence-electron chi connectivity index (χ1n) is 6.18. The molecular weight excluding hydrogens is 216 g/mol. The maximum atomic E-state index is 11.6. The molecule has 0 bridgehead atoms. The third-order valence-electron chi connectivity index (χ3n) is 4.59. The number of hydrogen-bond acceptors (Lipinski definition) is 3. The number of fused-ring (bicyclic) bond motifs is 1. The summed E-state index contributed by atoms with van der Waals surface area (Å²) in [6.07, 6.45) is 2.92. The van der Waals surface area contributed by atoms with Crippen LogP contribution in [0.5, 0.6) is 0 Å². The van der Waals surface area contributed by atoms with Gasteiger partial charge in [0.1, 0.15) is 5.60 Å². The molecule has 0 aromatic rings. The number of hydrogen-bond donors (Lipinski definition) is 2. The molecule has 0 heterocycles. The van der Waals surface area contributed by atoms with Crippen LogP contribution in [0.25, 0.3) is 0 Å². The second-order valence-electron chi connectivity index (χ2n) is 5.40. The SMILES string of the molecule is C=C[C@@H](C)[C@H](O)[C@H]1CC[C@H]2CC(=O)C(=C)[C@]21O. The Hall–Kier alpha value is -0.930. The summed E-state index contributed by atoms with van der Waals surface area (Å²) in [5, 5.41) is 21.0. The van der Waals surface area contributed by atoms with E-state index in [0.29, 0.717) is 12.0 Å². The maximum Gasteiger partial charge on any atom is 0.161 e. The van der Waals surface area contributed by atoms with Crippen molar-refractivity contribution in [1.82, 2.24) is 0 Å². The van der Waals surface area contributed by atoms with Crippen molar-refractivity contribution in [1.29, 1.82) is 0 Å². The molecule has 0 aromatic heterocycles. The predicted octanol–water partition coefficient (Wildman–Crippen LogP) is 1.46. The molecule has 0 spiro atoms. The molecule has 2 saturated carbocycles. The lowest BCUT2D eigenvalue weighted by Gasteiger charge is -2.35. The van der Waals surface area contributed by atoms with Gasteiger partial charge in [-0.25, -0.2) is 0 Å². The van der Waals surface area contributed by atoms with Gasteiger partial charge in [-0.3, -0.25) is 4.79 Å². The Morgan fingerprint density at radius 3 is 2.76 bits per heavy atom. The van der Waals surface area contributed by atoms with Crippen LogP contribution in [0.4, 0.5) is 0 Å². The van der Waals surface area contributed by atoms with E-state index in [1.54, 1.807) is 6.08 Å². The lowest BCUT2D eigenvalue weighted by Crippen LogP contribution is -2.45. The van der Waals surface area contributed by atoms with E-state index in [-0.39, 0.29) is 23.5 Å². The van der Waals surface area contributed by atoms with Crippen LogP contribution < -0.4 is 0 Å². The van der Waals surface area contributed by atoms with Gasteiger partial charge in [0.25, 0.3) is 0 Å². The Bertz CT molecular complexity index is 374. The van der Waals surface area contributed by atoms with Crippen LogP contribution in [0.3, 0.4) is 0 Å². The zero-order valence-electron chi connectivity index (χ0n) is 10.2. The molecule has 2 fully saturated rings. The number of ketones is 1. The third-order valence-corrected chi connectivity index (χ3v) is 4.59. The molecule has 2 aliphatic carbocycles. The van der Waals surface area contributed by atoms with Crippen LogP contribution in [-0.2, 0) is 4.79 Å². The molecule has 2 N–H and O–H groups in total. The smallest absolute Gasteiger partial charge is 0.161 e. The van der Waals surface area contributed by atoms with Gasteiger partial charge in [-0.2, -0.15) is 0 Å². The van der Waals surface area contributed by atoms with Gasteiger partial charge < -0.3 is 10.2 Å². The number of aliphatic hydroxyl groups excluding tert-OH is 1. The van der Waals surface area contributed by atoms with Crippen molar-refractivity contribution >= 4 is 5.78 Å². The fraction of sp³-hybridized carbons (Fsp3) is 0.643. The Morgan fingerprint density at radius 1 is 1.53 bits per heavy atom. The summed E-state index contributed by atoms with van der Waals surface area (Å²) in [5.74, 6) is -0.495.